The molecule has 1 unspecified atom stereocenters. The van der Waals surface area contributed by atoms with Crippen molar-refractivity contribution in [3.05, 3.63) is 108 Å². The van der Waals surface area contributed by atoms with Crippen LogP contribution in [0.3, 0.4) is 0 Å². The second-order valence-electron chi connectivity index (χ2n) is 9.03. The van der Waals surface area contributed by atoms with Crippen molar-refractivity contribution in [3.63, 3.8) is 0 Å². The Bertz CT molecular complexity index is 1750. The van der Waals surface area contributed by atoms with Crippen LogP contribution in [0.1, 0.15) is 39.0 Å². The number of nitrogens with one attached hydrogen (secondary N) is 1. The molecule has 7 rings (SSSR count). The first kappa shape index (κ1) is 20.6. The second kappa shape index (κ2) is 7.88. The monoisotopic (exact) mass is 474 g/mol. The van der Waals surface area contributed by atoms with Crippen molar-refractivity contribution in [1.82, 2.24) is 39.1 Å². The van der Waals surface area contributed by atoms with E-state index in [9.17, 15) is 4.79 Å². The van der Waals surface area contributed by atoms with Gasteiger partial charge in [-0.1, -0.05) is 12.1 Å². The van der Waals surface area contributed by atoms with E-state index in [1.54, 1.807) is 23.2 Å². The third kappa shape index (κ3) is 3.13. The number of hydrogen-bond acceptors (Lipinski definition) is 5. The molecule has 1 N–H and O–H groups in total. The van der Waals surface area contributed by atoms with Crippen molar-refractivity contribution in [3.8, 4) is 11.3 Å². The number of H-pyrrole nitrogens is 1. The van der Waals surface area contributed by atoms with E-state index < -0.39 is 6.04 Å². The summed E-state index contributed by atoms with van der Waals surface area (Å²) < 4.78 is 3.60. The third-order valence-electron chi connectivity index (χ3n) is 6.91. The van der Waals surface area contributed by atoms with Gasteiger partial charge in [0.15, 0.2) is 0 Å². The van der Waals surface area contributed by atoms with Crippen molar-refractivity contribution < 1.29 is 4.79 Å². The first-order valence-electron chi connectivity index (χ1n) is 11.8. The predicted octanol–water partition coefficient (Wildman–Crippen LogP) is 3.86. The number of carbonyl (C=O) groups is 1. The van der Waals surface area contributed by atoms with Gasteiger partial charge in [-0.15, -0.1) is 0 Å². The zero-order chi connectivity index (χ0) is 24.2. The summed E-state index contributed by atoms with van der Waals surface area (Å²) in [4.78, 5) is 28.1. The normalized spacial score (nSPS) is 15.5. The lowest BCUT2D eigenvalue weighted by Gasteiger charge is -2.33. The number of nitrogens with zero attached hydrogens (tertiary/aromatic N) is 7. The lowest BCUT2D eigenvalue weighted by molar-refractivity contribution is 0.0689. The summed E-state index contributed by atoms with van der Waals surface area (Å²) in [7, 11) is 0. The Labute approximate surface area is 206 Å². The van der Waals surface area contributed by atoms with Gasteiger partial charge in [0.25, 0.3) is 5.91 Å². The summed E-state index contributed by atoms with van der Waals surface area (Å²) in [6, 6.07) is 15.4. The zero-order valence-electron chi connectivity index (χ0n) is 19.5. The van der Waals surface area contributed by atoms with Gasteiger partial charge < -0.3 is 9.88 Å². The van der Waals surface area contributed by atoms with Crippen LogP contribution < -0.4 is 0 Å². The lowest BCUT2D eigenvalue weighted by atomic mass is 9.98. The molecule has 9 nitrogen and oxygen atoms in total. The highest BCUT2D eigenvalue weighted by Crippen LogP contribution is 2.35. The maximum Gasteiger partial charge on any atom is 0.258 e. The van der Waals surface area contributed by atoms with Gasteiger partial charge >= 0.3 is 0 Å². The standard InChI is InChI=1S/C27H22N8O/c1-17-5-4-11-34-24(17)13-22(32-34)26-25-21(29-16-30-25)9-12-33(26)27(36)19-14-31-35-15-18(7-8-23(19)35)20-6-2-3-10-28-20/h2-8,10-11,13-16,26H,9,12H2,1H3,(H,29,30). The van der Waals surface area contributed by atoms with Crippen LogP contribution in [-0.2, 0) is 6.42 Å². The zero-order valence-corrected chi connectivity index (χ0v) is 19.5. The molecule has 9 heteroatoms. The number of aromatic amines is 1. The lowest BCUT2D eigenvalue weighted by Crippen LogP contribution is -2.41. The molecule has 1 amide bonds. The highest BCUT2D eigenvalue weighted by Gasteiger charge is 2.37. The fourth-order valence-corrected chi connectivity index (χ4v) is 5.09. The van der Waals surface area contributed by atoms with E-state index in [2.05, 4.69) is 39.1 Å². The van der Waals surface area contributed by atoms with Crippen LogP contribution in [0.4, 0.5) is 0 Å². The third-order valence-corrected chi connectivity index (χ3v) is 6.91. The number of imidazole rings is 1. The van der Waals surface area contributed by atoms with E-state index in [1.807, 2.05) is 58.2 Å². The van der Waals surface area contributed by atoms with E-state index in [-0.39, 0.29) is 5.91 Å². The van der Waals surface area contributed by atoms with E-state index >= 15 is 0 Å². The molecule has 7 heterocycles. The quantitative estimate of drug-likeness (QED) is 0.420. The molecule has 36 heavy (non-hydrogen) atoms. The first-order chi connectivity index (χ1) is 17.7. The molecule has 0 aliphatic carbocycles. The van der Waals surface area contributed by atoms with Crippen LogP contribution in [0, 0.1) is 6.92 Å². The Kier molecular flexibility index (Phi) is 4.50. The fourth-order valence-electron chi connectivity index (χ4n) is 5.09. The Morgan fingerprint density at radius 3 is 2.86 bits per heavy atom. The number of aromatic nitrogens is 7. The molecule has 176 valence electrons. The molecule has 0 saturated heterocycles. The molecular weight excluding hydrogens is 452 g/mol. The molecule has 0 spiro atoms. The van der Waals surface area contributed by atoms with Gasteiger partial charge in [-0.25, -0.2) is 14.0 Å². The van der Waals surface area contributed by atoms with Crippen LogP contribution in [0.5, 0.6) is 0 Å². The van der Waals surface area contributed by atoms with Gasteiger partial charge in [-0.3, -0.25) is 9.78 Å². The minimum Gasteiger partial charge on any atom is -0.348 e. The molecule has 0 radical (unpaired) electrons. The van der Waals surface area contributed by atoms with Crippen LogP contribution in [0.25, 0.3) is 22.3 Å². The Hall–Kier alpha value is -4.79. The smallest absolute Gasteiger partial charge is 0.258 e. The summed E-state index contributed by atoms with van der Waals surface area (Å²) in [5, 5.41) is 9.34. The molecule has 0 aromatic carbocycles. The van der Waals surface area contributed by atoms with Crippen molar-refractivity contribution in [2.45, 2.75) is 19.4 Å². The molecule has 6 aromatic heterocycles. The van der Waals surface area contributed by atoms with Crippen LogP contribution in [0.15, 0.2) is 79.6 Å². The van der Waals surface area contributed by atoms with Crippen molar-refractivity contribution in [1.29, 1.82) is 0 Å². The topological polar surface area (TPSA) is 96.5 Å². The average molecular weight is 475 g/mol. The fraction of sp³-hybridized carbons (Fsp3) is 0.148. The first-order valence-corrected chi connectivity index (χ1v) is 11.8. The average Bonchev–Trinajstić information content (AvgIpc) is 3.66. The second-order valence-corrected chi connectivity index (χ2v) is 9.03. The van der Waals surface area contributed by atoms with Gasteiger partial charge in [0.1, 0.15) is 6.04 Å². The Morgan fingerprint density at radius 1 is 1.06 bits per heavy atom. The van der Waals surface area contributed by atoms with Crippen LogP contribution >= 0.6 is 0 Å². The molecular formula is C27H22N8O. The predicted molar refractivity (Wildman–Crippen MR) is 134 cm³/mol. The van der Waals surface area contributed by atoms with Gasteiger partial charge in [-0.2, -0.15) is 10.2 Å². The van der Waals surface area contributed by atoms with E-state index in [0.29, 0.717) is 18.5 Å². The molecule has 6 aromatic rings. The molecule has 0 saturated carbocycles. The van der Waals surface area contributed by atoms with Gasteiger partial charge in [0.05, 0.1) is 46.2 Å². The summed E-state index contributed by atoms with van der Waals surface area (Å²) in [5.41, 5.74) is 7.89. The van der Waals surface area contributed by atoms with E-state index in [0.717, 1.165) is 44.9 Å². The number of rotatable bonds is 3. The van der Waals surface area contributed by atoms with Crippen molar-refractivity contribution >= 4 is 16.9 Å². The van der Waals surface area contributed by atoms with E-state index in [4.69, 9.17) is 5.10 Å². The van der Waals surface area contributed by atoms with Crippen LogP contribution in [0.2, 0.25) is 0 Å². The molecule has 1 aliphatic heterocycles. The minimum atomic E-state index is -0.394. The number of fused-ring (bicyclic) bond motifs is 3. The maximum atomic E-state index is 14.0. The molecule has 1 atom stereocenters. The summed E-state index contributed by atoms with van der Waals surface area (Å²) >= 11 is 0. The van der Waals surface area contributed by atoms with Gasteiger partial charge in [0, 0.05) is 42.8 Å². The summed E-state index contributed by atoms with van der Waals surface area (Å²) in [6.07, 6.45) is 9.63. The minimum absolute atomic E-state index is 0.0944. The molecule has 1 aliphatic rings. The Balaban J connectivity index is 1.31. The van der Waals surface area contributed by atoms with E-state index in [1.165, 1.54) is 0 Å². The maximum absolute atomic E-state index is 14.0. The highest BCUT2D eigenvalue weighted by molar-refractivity contribution is 6.01. The highest BCUT2D eigenvalue weighted by atomic mass is 16.2. The largest absolute Gasteiger partial charge is 0.348 e. The summed E-state index contributed by atoms with van der Waals surface area (Å²) in [5.74, 6) is -0.0944. The molecule has 0 bridgehead atoms. The van der Waals surface area contributed by atoms with Gasteiger partial charge in [0.2, 0.25) is 0 Å². The molecule has 0 fully saturated rings. The SMILES string of the molecule is Cc1cccn2nc(C3c4nc[nH]c4CCN3C(=O)c3cnn4cc(-c5ccccn5)ccc34)cc12. The number of aryl methyl sites for hydroxylation is 1. The number of hydrogen-bond donors (Lipinski definition) is 1. The Morgan fingerprint density at radius 2 is 2.00 bits per heavy atom. The van der Waals surface area contributed by atoms with Crippen molar-refractivity contribution in [2.75, 3.05) is 6.54 Å². The number of carbonyl (C=O) groups excluding carboxylic acids is 1. The van der Waals surface area contributed by atoms with Gasteiger partial charge in [-0.05, 0) is 48.9 Å². The number of pyridine rings is 3. The van der Waals surface area contributed by atoms with Crippen molar-refractivity contribution in [2.24, 2.45) is 0 Å². The van der Waals surface area contributed by atoms with Crippen LogP contribution in [-0.4, -0.2) is 51.5 Å². The number of amides is 1. The summed E-state index contributed by atoms with van der Waals surface area (Å²) in [6.45, 7) is 2.61.